The molecule has 1 fully saturated rings. The predicted molar refractivity (Wildman–Crippen MR) is 61.5 cm³/mol. The van der Waals surface area contributed by atoms with E-state index in [4.69, 9.17) is 14.4 Å². The zero-order valence-corrected chi connectivity index (χ0v) is 11.2. The van der Waals surface area contributed by atoms with Crippen LogP contribution in [0.15, 0.2) is 0 Å². The first-order chi connectivity index (χ1) is 8.65. The van der Waals surface area contributed by atoms with Crippen LogP contribution in [0.1, 0.15) is 13.8 Å². The van der Waals surface area contributed by atoms with Crippen LogP contribution in [-0.2, 0) is 24.1 Å². The largest absolute Gasteiger partial charge is 0.397 e. The molecule has 0 aromatic heterocycles. The third-order valence-corrected chi connectivity index (χ3v) is 3.21. The van der Waals surface area contributed by atoms with Gasteiger partial charge < -0.3 is 20.3 Å². The van der Waals surface area contributed by atoms with Crippen LogP contribution in [0.3, 0.4) is 0 Å². The van der Waals surface area contributed by atoms with E-state index in [0.29, 0.717) is 0 Å². The summed E-state index contributed by atoms with van der Waals surface area (Å²) in [6.45, 7) is 2.14. The molecule has 0 spiro atoms. The van der Waals surface area contributed by atoms with E-state index in [1.165, 1.54) is 13.8 Å². The van der Waals surface area contributed by atoms with Crippen molar-refractivity contribution in [2.45, 2.75) is 44.3 Å². The first kappa shape index (κ1) is 16.3. The molecule has 5 atom stereocenters. The Bertz CT molecular complexity index is 424. The average molecular weight is 299 g/mol. The highest BCUT2D eigenvalue weighted by atomic mass is 32.3. The minimum atomic E-state index is -4.83. The zero-order chi connectivity index (χ0) is 14.8. The van der Waals surface area contributed by atoms with Gasteiger partial charge in [-0.3, -0.25) is 9.35 Å². The third kappa shape index (κ3) is 4.37. The van der Waals surface area contributed by atoms with E-state index >= 15 is 0 Å². The van der Waals surface area contributed by atoms with E-state index in [9.17, 15) is 18.3 Å². The van der Waals surface area contributed by atoms with Gasteiger partial charge in [0.05, 0.1) is 18.8 Å². The highest BCUT2D eigenvalue weighted by molar-refractivity contribution is 7.80. The van der Waals surface area contributed by atoms with E-state index < -0.39 is 53.4 Å². The van der Waals surface area contributed by atoms with Gasteiger partial charge in [-0.2, -0.15) is 8.42 Å². The average Bonchev–Trinajstić information content (AvgIpc) is 2.26. The summed E-state index contributed by atoms with van der Waals surface area (Å²) in [6.07, 6.45) is -4.80. The van der Waals surface area contributed by atoms with Crippen LogP contribution in [0.2, 0.25) is 0 Å². The number of rotatable bonds is 4. The van der Waals surface area contributed by atoms with Gasteiger partial charge in [-0.1, -0.05) is 0 Å². The van der Waals surface area contributed by atoms with Gasteiger partial charge in [-0.15, -0.1) is 0 Å². The normalized spacial score (nSPS) is 35.9. The van der Waals surface area contributed by atoms with E-state index in [1.807, 2.05) is 0 Å². The van der Waals surface area contributed by atoms with Crippen molar-refractivity contribution in [3.8, 4) is 0 Å². The van der Waals surface area contributed by atoms with Crippen LogP contribution in [0.25, 0.3) is 0 Å². The van der Waals surface area contributed by atoms with Crippen LogP contribution in [0.5, 0.6) is 0 Å². The summed E-state index contributed by atoms with van der Waals surface area (Å²) in [5, 5.41) is 21.5. The van der Waals surface area contributed by atoms with Crippen molar-refractivity contribution in [1.82, 2.24) is 5.32 Å². The summed E-state index contributed by atoms with van der Waals surface area (Å²) in [6, 6.07) is -0.924. The summed E-state index contributed by atoms with van der Waals surface area (Å²) in [5.74, 6) is -0.451. The van der Waals surface area contributed by atoms with Crippen molar-refractivity contribution >= 4 is 16.3 Å². The van der Waals surface area contributed by atoms with Crippen LogP contribution in [0, 0.1) is 0 Å². The molecular formula is C9H17NO8S. The Labute approximate surface area is 110 Å². The minimum Gasteiger partial charge on any atom is -0.394 e. The highest BCUT2D eigenvalue weighted by Crippen LogP contribution is 2.24. The van der Waals surface area contributed by atoms with E-state index in [0.717, 1.165) is 0 Å². The van der Waals surface area contributed by atoms with E-state index in [1.54, 1.807) is 0 Å². The van der Waals surface area contributed by atoms with Gasteiger partial charge in [0, 0.05) is 6.92 Å². The molecule has 0 bridgehead atoms. The quantitative estimate of drug-likeness (QED) is 0.429. The molecule has 9 nitrogen and oxygen atoms in total. The lowest BCUT2D eigenvalue weighted by molar-refractivity contribution is -0.183. The molecule has 1 rings (SSSR count). The van der Waals surface area contributed by atoms with E-state index in [2.05, 4.69) is 9.50 Å². The minimum absolute atomic E-state index is 0.451. The number of hydrogen-bond acceptors (Lipinski definition) is 7. The Morgan fingerprint density at radius 3 is 2.47 bits per heavy atom. The standard InChI is InChI=1S/C9H17NO8S/c1-4-7(10-5(2)12)8(13)9(6(3-11)17-4)18-19(14,15)16/h4,6-9,11,13H,3H2,1-2H3,(H,10,12)(H,14,15,16). The SMILES string of the molecule is CC(=O)NC1C(C)OC(CO)C(OS(=O)(=O)O)C1O. The molecule has 1 heterocycles. The molecule has 0 aromatic carbocycles. The molecule has 1 aliphatic heterocycles. The van der Waals surface area contributed by atoms with Gasteiger partial charge in [0.1, 0.15) is 18.3 Å². The Morgan fingerprint density at radius 2 is 2.05 bits per heavy atom. The summed E-state index contributed by atoms with van der Waals surface area (Å²) in [4.78, 5) is 11.0. The molecule has 10 heteroatoms. The molecule has 1 saturated heterocycles. The fourth-order valence-electron chi connectivity index (χ4n) is 1.98. The fourth-order valence-corrected chi connectivity index (χ4v) is 2.50. The van der Waals surface area contributed by atoms with Gasteiger partial charge in [0.15, 0.2) is 0 Å². The van der Waals surface area contributed by atoms with E-state index in [-0.39, 0.29) is 0 Å². The van der Waals surface area contributed by atoms with Gasteiger partial charge in [0.25, 0.3) is 0 Å². The second kappa shape index (κ2) is 6.11. The molecule has 5 unspecified atom stereocenters. The summed E-state index contributed by atoms with van der Waals surface area (Å²) < 4.78 is 39.6. The van der Waals surface area contributed by atoms with Crippen LogP contribution < -0.4 is 5.32 Å². The topological polar surface area (TPSA) is 142 Å². The van der Waals surface area contributed by atoms with Gasteiger partial charge in [0.2, 0.25) is 5.91 Å². The maximum absolute atomic E-state index is 11.0. The van der Waals surface area contributed by atoms with Crippen molar-refractivity contribution in [2.24, 2.45) is 0 Å². The molecule has 112 valence electrons. The van der Waals surface area contributed by atoms with Crippen LogP contribution in [0.4, 0.5) is 0 Å². The molecule has 4 N–H and O–H groups in total. The molecule has 0 saturated carbocycles. The van der Waals surface area contributed by atoms with Gasteiger partial charge >= 0.3 is 10.4 Å². The molecular weight excluding hydrogens is 282 g/mol. The number of ether oxygens (including phenoxy) is 1. The molecule has 0 aromatic rings. The van der Waals surface area contributed by atoms with Gasteiger partial charge in [-0.05, 0) is 6.92 Å². The monoisotopic (exact) mass is 299 g/mol. The zero-order valence-electron chi connectivity index (χ0n) is 10.4. The maximum atomic E-state index is 11.0. The summed E-state index contributed by atoms with van der Waals surface area (Å²) >= 11 is 0. The number of aliphatic hydroxyl groups excluding tert-OH is 2. The van der Waals surface area contributed by atoms with Crippen LogP contribution >= 0.6 is 0 Å². The lowest BCUT2D eigenvalue weighted by Gasteiger charge is -2.42. The predicted octanol–water partition coefficient (Wildman–Crippen LogP) is -2.18. The first-order valence-electron chi connectivity index (χ1n) is 5.53. The highest BCUT2D eigenvalue weighted by Gasteiger charge is 2.46. The van der Waals surface area contributed by atoms with Crippen molar-refractivity contribution in [2.75, 3.05) is 6.61 Å². The Kier molecular flexibility index (Phi) is 5.24. The Morgan fingerprint density at radius 1 is 1.47 bits per heavy atom. The van der Waals surface area contributed by atoms with Crippen molar-refractivity contribution in [3.05, 3.63) is 0 Å². The smallest absolute Gasteiger partial charge is 0.394 e. The Balaban J connectivity index is 2.94. The van der Waals surface area contributed by atoms with Crippen molar-refractivity contribution in [1.29, 1.82) is 0 Å². The fraction of sp³-hybridized carbons (Fsp3) is 0.889. The molecule has 1 amide bonds. The molecule has 0 radical (unpaired) electrons. The van der Waals surface area contributed by atoms with Gasteiger partial charge in [-0.25, -0.2) is 4.18 Å². The second-order valence-corrected chi connectivity index (χ2v) is 5.32. The molecule has 1 aliphatic rings. The first-order valence-corrected chi connectivity index (χ1v) is 6.89. The van der Waals surface area contributed by atoms with Crippen LogP contribution in [-0.4, -0.2) is 66.2 Å². The third-order valence-electron chi connectivity index (χ3n) is 2.75. The number of aliphatic hydroxyl groups is 2. The molecule has 0 aliphatic carbocycles. The number of carbonyl (C=O) groups excluding carboxylic acids is 1. The number of nitrogens with one attached hydrogen (secondary N) is 1. The lowest BCUT2D eigenvalue weighted by atomic mass is 9.93. The summed E-state index contributed by atoms with van der Waals surface area (Å²) in [7, 11) is -4.83. The number of carbonyl (C=O) groups is 1. The number of amides is 1. The molecule has 19 heavy (non-hydrogen) atoms. The maximum Gasteiger partial charge on any atom is 0.397 e. The number of hydrogen-bond donors (Lipinski definition) is 4. The van der Waals surface area contributed by atoms with Crippen molar-refractivity contribution < 1.29 is 36.9 Å². The summed E-state index contributed by atoms with van der Waals surface area (Å²) in [5.41, 5.74) is 0. The Hall–Kier alpha value is -0.780. The van der Waals surface area contributed by atoms with Crippen molar-refractivity contribution in [3.63, 3.8) is 0 Å². The lowest BCUT2D eigenvalue weighted by Crippen LogP contribution is -2.64. The second-order valence-electron chi connectivity index (χ2n) is 4.27.